The van der Waals surface area contributed by atoms with E-state index < -0.39 is 5.60 Å². The number of hydrogen-bond acceptors (Lipinski definition) is 3. The lowest BCUT2D eigenvalue weighted by Crippen LogP contribution is -2.46. The summed E-state index contributed by atoms with van der Waals surface area (Å²) in [7, 11) is 0. The van der Waals surface area contributed by atoms with E-state index in [0.717, 1.165) is 5.56 Å². The first-order valence-corrected chi connectivity index (χ1v) is 7.81. The standard InChI is InChI=1S/C18H25NO3/c1-13-6-5-7-14(10-13)11-15-12-19(9-8-16(15)20)17(21)22-18(2,3)4/h5-7,10,15H,8-9,11-12H2,1-4H3. The fourth-order valence-electron chi connectivity index (χ4n) is 2.70. The topological polar surface area (TPSA) is 46.6 Å². The summed E-state index contributed by atoms with van der Waals surface area (Å²) in [5, 5.41) is 0. The lowest BCUT2D eigenvalue weighted by Gasteiger charge is -2.33. The predicted molar refractivity (Wildman–Crippen MR) is 85.8 cm³/mol. The molecule has 1 unspecified atom stereocenters. The molecule has 1 aliphatic heterocycles. The van der Waals surface area contributed by atoms with E-state index in [2.05, 4.69) is 6.07 Å². The van der Waals surface area contributed by atoms with E-state index >= 15 is 0 Å². The second-order valence-electron chi connectivity index (χ2n) is 7.03. The Morgan fingerprint density at radius 1 is 1.36 bits per heavy atom. The largest absolute Gasteiger partial charge is 0.444 e. The number of carbonyl (C=O) groups excluding carboxylic acids is 2. The van der Waals surface area contributed by atoms with Crippen molar-refractivity contribution in [2.75, 3.05) is 13.1 Å². The SMILES string of the molecule is Cc1cccc(CC2CN(C(=O)OC(C)(C)C)CCC2=O)c1. The van der Waals surface area contributed by atoms with Crippen molar-refractivity contribution in [3.8, 4) is 0 Å². The molecule has 1 aromatic rings. The Balaban J connectivity index is 2.02. The van der Waals surface area contributed by atoms with Crippen LogP contribution in [0.25, 0.3) is 0 Å². The highest BCUT2D eigenvalue weighted by Gasteiger charge is 2.32. The normalized spacial score (nSPS) is 19.2. The van der Waals surface area contributed by atoms with Crippen molar-refractivity contribution in [3.05, 3.63) is 35.4 Å². The number of aryl methyl sites for hydroxylation is 1. The van der Waals surface area contributed by atoms with Crippen LogP contribution in [0.5, 0.6) is 0 Å². The highest BCUT2D eigenvalue weighted by molar-refractivity contribution is 5.84. The number of piperidine rings is 1. The minimum absolute atomic E-state index is 0.136. The average Bonchev–Trinajstić information content (AvgIpc) is 2.39. The minimum atomic E-state index is -0.509. The van der Waals surface area contributed by atoms with E-state index in [1.165, 1.54) is 5.56 Å². The van der Waals surface area contributed by atoms with Crippen LogP contribution in [0, 0.1) is 12.8 Å². The molecule has 1 heterocycles. The molecule has 0 radical (unpaired) electrons. The van der Waals surface area contributed by atoms with Gasteiger partial charge >= 0.3 is 6.09 Å². The van der Waals surface area contributed by atoms with E-state index in [-0.39, 0.29) is 17.8 Å². The Bertz CT molecular complexity index is 560. The summed E-state index contributed by atoms with van der Waals surface area (Å²) in [5.41, 5.74) is 1.82. The molecule has 22 heavy (non-hydrogen) atoms. The second kappa shape index (κ2) is 6.51. The molecule has 0 N–H and O–H groups in total. The molecule has 1 fully saturated rings. The van der Waals surface area contributed by atoms with Crippen molar-refractivity contribution >= 4 is 11.9 Å². The van der Waals surface area contributed by atoms with Crippen LogP contribution in [0.15, 0.2) is 24.3 Å². The van der Waals surface area contributed by atoms with E-state index in [9.17, 15) is 9.59 Å². The van der Waals surface area contributed by atoms with E-state index in [1.54, 1.807) is 4.90 Å². The summed E-state index contributed by atoms with van der Waals surface area (Å²) in [6.07, 6.45) is 0.768. The zero-order valence-corrected chi connectivity index (χ0v) is 13.9. The summed E-state index contributed by atoms with van der Waals surface area (Å²) in [6, 6.07) is 8.18. The Kier molecular flexibility index (Phi) is 4.89. The molecule has 4 heteroatoms. The Labute approximate surface area is 132 Å². The van der Waals surface area contributed by atoms with Gasteiger partial charge in [0.1, 0.15) is 11.4 Å². The number of ether oxygens (including phenoxy) is 1. The molecule has 1 amide bonds. The number of amides is 1. The molecule has 0 aromatic heterocycles. The third-order valence-electron chi connectivity index (χ3n) is 3.74. The van der Waals surface area contributed by atoms with Crippen LogP contribution in [-0.2, 0) is 16.0 Å². The molecular formula is C18H25NO3. The summed E-state index contributed by atoms with van der Waals surface area (Å²) < 4.78 is 5.41. The maximum Gasteiger partial charge on any atom is 0.410 e. The molecule has 4 nitrogen and oxygen atoms in total. The van der Waals surface area contributed by atoms with Gasteiger partial charge in [0.2, 0.25) is 0 Å². The first-order chi connectivity index (χ1) is 10.2. The van der Waals surface area contributed by atoms with Crippen molar-refractivity contribution < 1.29 is 14.3 Å². The van der Waals surface area contributed by atoms with Gasteiger partial charge in [-0.05, 0) is 39.7 Å². The first kappa shape index (κ1) is 16.5. The van der Waals surface area contributed by atoms with Crippen LogP contribution >= 0.6 is 0 Å². The molecule has 0 aliphatic carbocycles. The van der Waals surface area contributed by atoms with Crippen LogP contribution in [0.1, 0.15) is 38.3 Å². The Morgan fingerprint density at radius 3 is 2.73 bits per heavy atom. The van der Waals surface area contributed by atoms with Crippen molar-refractivity contribution in [2.24, 2.45) is 5.92 Å². The molecular weight excluding hydrogens is 278 g/mol. The molecule has 1 atom stereocenters. The highest BCUT2D eigenvalue weighted by atomic mass is 16.6. The van der Waals surface area contributed by atoms with Crippen molar-refractivity contribution in [3.63, 3.8) is 0 Å². The van der Waals surface area contributed by atoms with Gasteiger partial charge in [-0.2, -0.15) is 0 Å². The van der Waals surface area contributed by atoms with Crippen molar-refractivity contribution in [1.82, 2.24) is 4.90 Å². The van der Waals surface area contributed by atoms with Gasteiger partial charge in [-0.3, -0.25) is 4.79 Å². The van der Waals surface area contributed by atoms with Gasteiger partial charge in [0.15, 0.2) is 0 Å². The molecule has 1 aliphatic rings. The van der Waals surface area contributed by atoms with Crippen molar-refractivity contribution in [2.45, 2.75) is 46.1 Å². The number of nitrogens with zero attached hydrogens (tertiary/aromatic N) is 1. The van der Waals surface area contributed by atoms with Crippen LogP contribution in [0.2, 0.25) is 0 Å². The fraction of sp³-hybridized carbons (Fsp3) is 0.556. The van der Waals surface area contributed by atoms with Crippen molar-refractivity contribution in [1.29, 1.82) is 0 Å². The number of ketones is 1. The minimum Gasteiger partial charge on any atom is -0.444 e. The fourth-order valence-corrected chi connectivity index (χ4v) is 2.70. The molecule has 0 saturated carbocycles. The molecule has 0 spiro atoms. The first-order valence-electron chi connectivity index (χ1n) is 7.81. The molecule has 0 bridgehead atoms. The maximum absolute atomic E-state index is 12.2. The quantitative estimate of drug-likeness (QED) is 0.841. The summed E-state index contributed by atoms with van der Waals surface area (Å²) in [4.78, 5) is 26.0. The van der Waals surface area contributed by atoms with Gasteiger partial charge in [0.05, 0.1) is 0 Å². The van der Waals surface area contributed by atoms with Gasteiger partial charge in [-0.25, -0.2) is 4.79 Å². The Hall–Kier alpha value is -1.84. The van der Waals surface area contributed by atoms with Gasteiger partial charge in [-0.15, -0.1) is 0 Å². The third-order valence-corrected chi connectivity index (χ3v) is 3.74. The summed E-state index contributed by atoms with van der Waals surface area (Å²) in [5.74, 6) is 0.101. The van der Waals surface area contributed by atoms with Gasteiger partial charge in [0.25, 0.3) is 0 Å². The zero-order valence-electron chi connectivity index (χ0n) is 13.9. The number of likely N-dealkylation sites (tertiary alicyclic amines) is 1. The zero-order chi connectivity index (χ0) is 16.3. The number of rotatable bonds is 2. The summed E-state index contributed by atoms with van der Waals surface area (Å²) in [6.45, 7) is 8.50. The molecule has 1 aromatic carbocycles. The van der Waals surface area contributed by atoms with Gasteiger partial charge < -0.3 is 9.64 Å². The second-order valence-corrected chi connectivity index (χ2v) is 7.03. The lowest BCUT2D eigenvalue weighted by molar-refractivity contribution is -0.125. The average molecular weight is 303 g/mol. The number of hydrogen-bond donors (Lipinski definition) is 0. The molecule has 2 rings (SSSR count). The van der Waals surface area contributed by atoms with Crippen LogP contribution < -0.4 is 0 Å². The lowest BCUT2D eigenvalue weighted by atomic mass is 9.90. The molecule has 120 valence electrons. The van der Waals surface area contributed by atoms with Crippen LogP contribution in [0.3, 0.4) is 0 Å². The smallest absolute Gasteiger partial charge is 0.410 e. The Morgan fingerprint density at radius 2 is 2.09 bits per heavy atom. The maximum atomic E-state index is 12.2. The number of benzene rings is 1. The highest BCUT2D eigenvalue weighted by Crippen LogP contribution is 2.21. The van der Waals surface area contributed by atoms with Crippen LogP contribution in [0.4, 0.5) is 4.79 Å². The van der Waals surface area contributed by atoms with E-state index in [0.29, 0.717) is 25.9 Å². The number of Topliss-reactive ketones (excluding diaryl/α,β-unsaturated/α-hetero) is 1. The predicted octanol–water partition coefficient (Wildman–Crippen LogP) is 3.36. The third kappa shape index (κ3) is 4.58. The monoisotopic (exact) mass is 303 g/mol. The van der Waals surface area contributed by atoms with Crippen LogP contribution in [-0.4, -0.2) is 35.5 Å². The summed E-state index contributed by atoms with van der Waals surface area (Å²) >= 11 is 0. The van der Waals surface area contributed by atoms with E-state index in [4.69, 9.17) is 4.74 Å². The number of carbonyl (C=O) groups is 2. The molecule has 1 saturated heterocycles. The van der Waals surface area contributed by atoms with Gasteiger partial charge in [-0.1, -0.05) is 29.8 Å². The van der Waals surface area contributed by atoms with Gasteiger partial charge in [0, 0.05) is 25.4 Å². The van der Waals surface area contributed by atoms with E-state index in [1.807, 2.05) is 45.9 Å².